The summed E-state index contributed by atoms with van der Waals surface area (Å²) in [6.45, 7) is 3.47. The highest BCUT2D eigenvalue weighted by molar-refractivity contribution is 5.99. The normalized spacial score (nSPS) is 16.6. The van der Waals surface area contributed by atoms with Gasteiger partial charge in [0.15, 0.2) is 0 Å². The van der Waals surface area contributed by atoms with E-state index in [4.69, 9.17) is 15.6 Å². The molecule has 1 aromatic heterocycles. The molecule has 0 unspecified atom stereocenters. The first-order valence-corrected chi connectivity index (χ1v) is 6.67. The molecule has 0 atom stereocenters. The number of fused-ring (bicyclic) bond motifs is 1. The van der Waals surface area contributed by atoms with Gasteiger partial charge in [0.25, 0.3) is 0 Å². The van der Waals surface area contributed by atoms with Crippen LogP contribution in [-0.2, 0) is 4.74 Å². The molecule has 0 saturated carbocycles. The number of nitrogen functional groups attached to an aromatic ring is 1. The molecule has 1 saturated heterocycles. The second kappa shape index (κ2) is 4.79. The number of carboxylic acid groups (broad SMARTS) is 1. The molecule has 0 bridgehead atoms. The summed E-state index contributed by atoms with van der Waals surface area (Å²) in [6, 6.07) is 3.57. The quantitative estimate of drug-likeness (QED) is 0.818. The molecule has 20 heavy (non-hydrogen) atoms. The Labute approximate surface area is 116 Å². The zero-order chi connectivity index (χ0) is 14.3. The maximum absolute atomic E-state index is 11.1. The number of nitrogens with two attached hydrogens (primary N) is 1. The van der Waals surface area contributed by atoms with E-state index in [1.165, 1.54) is 0 Å². The maximum Gasteiger partial charge on any atom is 0.337 e. The summed E-state index contributed by atoms with van der Waals surface area (Å²) in [5.41, 5.74) is 7.89. The van der Waals surface area contributed by atoms with Crippen molar-refractivity contribution in [2.45, 2.75) is 25.8 Å². The number of carbonyl (C=O) groups is 1. The monoisotopic (exact) mass is 275 g/mol. The second-order valence-electron chi connectivity index (χ2n) is 5.14. The Morgan fingerprint density at radius 2 is 2.15 bits per heavy atom. The zero-order valence-corrected chi connectivity index (χ0v) is 11.3. The van der Waals surface area contributed by atoms with Gasteiger partial charge in [-0.1, -0.05) is 0 Å². The van der Waals surface area contributed by atoms with Crippen molar-refractivity contribution < 1.29 is 14.6 Å². The number of anilines is 1. The van der Waals surface area contributed by atoms with Gasteiger partial charge in [-0.3, -0.25) is 4.68 Å². The molecule has 0 spiro atoms. The molecule has 106 valence electrons. The van der Waals surface area contributed by atoms with Crippen LogP contribution in [0.25, 0.3) is 10.9 Å². The number of aromatic carboxylic acids is 1. The highest BCUT2D eigenvalue weighted by atomic mass is 16.5. The van der Waals surface area contributed by atoms with Crippen LogP contribution in [-0.4, -0.2) is 34.1 Å². The number of benzene rings is 1. The Balaban J connectivity index is 2.11. The van der Waals surface area contributed by atoms with Gasteiger partial charge >= 0.3 is 5.97 Å². The summed E-state index contributed by atoms with van der Waals surface area (Å²) in [5, 5.41) is 14.6. The SMILES string of the molecule is Cc1c2cc(N)c(C(=O)O)cc2nn1C1CCOCC1. The van der Waals surface area contributed by atoms with Crippen molar-refractivity contribution in [3.05, 3.63) is 23.4 Å². The first-order chi connectivity index (χ1) is 9.58. The topological polar surface area (TPSA) is 90.4 Å². The van der Waals surface area contributed by atoms with E-state index in [9.17, 15) is 4.79 Å². The summed E-state index contributed by atoms with van der Waals surface area (Å²) in [7, 11) is 0. The minimum atomic E-state index is -1.03. The highest BCUT2D eigenvalue weighted by Gasteiger charge is 2.21. The van der Waals surface area contributed by atoms with Crippen LogP contribution in [0.15, 0.2) is 12.1 Å². The minimum absolute atomic E-state index is 0.106. The van der Waals surface area contributed by atoms with Gasteiger partial charge in [-0.15, -0.1) is 0 Å². The van der Waals surface area contributed by atoms with Crippen LogP contribution in [0.5, 0.6) is 0 Å². The summed E-state index contributed by atoms with van der Waals surface area (Å²) in [6.07, 6.45) is 1.85. The van der Waals surface area contributed by atoms with Crippen molar-refractivity contribution in [2.24, 2.45) is 0 Å². The van der Waals surface area contributed by atoms with Crippen LogP contribution in [0, 0.1) is 6.92 Å². The summed E-state index contributed by atoms with van der Waals surface area (Å²) < 4.78 is 7.35. The Morgan fingerprint density at radius 3 is 2.80 bits per heavy atom. The summed E-state index contributed by atoms with van der Waals surface area (Å²) >= 11 is 0. The van der Waals surface area contributed by atoms with Crippen molar-refractivity contribution in [2.75, 3.05) is 18.9 Å². The standard InChI is InChI=1S/C14H17N3O3/c1-8-10-6-12(15)11(14(18)19)7-13(10)16-17(8)9-2-4-20-5-3-9/h6-7,9H,2-5,15H2,1H3,(H,18,19). The molecule has 3 rings (SSSR count). The maximum atomic E-state index is 11.1. The van der Waals surface area contributed by atoms with Crippen LogP contribution in [0.1, 0.15) is 34.9 Å². The van der Waals surface area contributed by atoms with Crippen LogP contribution < -0.4 is 5.73 Å². The third-order valence-corrected chi connectivity index (χ3v) is 3.88. The van der Waals surface area contributed by atoms with Gasteiger partial charge in [-0.05, 0) is 31.9 Å². The summed E-state index contributed by atoms with van der Waals surface area (Å²) in [5.74, 6) is -1.03. The number of carboxylic acids is 1. The van der Waals surface area contributed by atoms with E-state index in [0.717, 1.165) is 37.1 Å². The van der Waals surface area contributed by atoms with E-state index in [1.807, 2.05) is 11.6 Å². The van der Waals surface area contributed by atoms with Crippen LogP contribution in [0.2, 0.25) is 0 Å². The number of hydrogen-bond acceptors (Lipinski definition) is 4. The molecule has 2 aromatic rings. The van der Waals surface area contributed by atoms with E-state index < -0.39 is 5.97 Å². The number of aryl methyl sites for hydroxylation is 1. The highest BCUT2D eigenvalue weighted by Crippen LogP contribution is 2.29. The molecule has 6 nitrogen and oxygen atoms in total. The molecule has 0 amide bonds. The van der Waals surface area contributed by atoms with Gasteiger partial charge < -0.3 is 15.6 Å². The zero-order valence-electron chi connectivity index (χ0n) is 11.3. The first-order valence-electron chi connectivity index (χ1n) is 6.67. The number of nitrogens with zero attached hydrogens (tertiary/aromatic N) is 2. The molecule has 3 N–H and O–H groups in total. The molecule has 1 aromatic carbocycles. The fourth-order valence-electron chi connectivity index (χ4n) is 2.76. The first kappa shape index (κ1) is 12.9. The Kier molecular flexibility index (Phi) is 3.10. The fourth-order valence-corrected chi connectivity index (χ4v) is 2.76. The molecule has 1 aliphatic rings. The lowest BCUT2D eigenvalue weighted by molar-refractivity contribution is 0.0659. The fraction of sp³-hybridized carbons (Fsp3) is 0.429. The van der Waals surface area contributed by atoms with E-state index in [0.29, 0.717) is 11.6 Å². The van der Waals surface area contributed by atoms with Crippen molar-refractivity contribution in [1.29, 1.82) is 0 Å². The van der Waals surface area contributed by atoms with Crippen LogP contribution in [0.4, 0.5) is 5.69 Å². The van der Waals surface area contributed by atoms with E-state index in [1.54, 1.807) is 12.1 Å². The molecule has 6 heteroatoms. The van der Waals surface area contributed by atoms with Crippen molar-refractivity contribution in [3.63, 3.8) is 0 Å². The van der Waals surface area contributed by atoms with Crippen LogP contribution in [0.3, 0.4) is 0 Å². The van der Waals surface area contributed by atoms with Crippen molar-refractivity contribution >= 4 is 22.6 Å². The molecule has 1 aliphatic heterocycles. The van der Waals surface area contributed by atoms with E-state index in [2.05, 4.69) is 5.10 Å². The number of hydrogen-bond donors (Lipinski definition) is 2. The Morgan fingerprint density at radius 1 is 1.45 bits per heavy atom. The predicted molar refractivity (Wildman–Crippen MR) is 74.9 cm³/mol. The van der Waals surface area contributed by atoms with Gasteiger partial charge in [0, 0.05) is 30.0 Å². The summed E-state index contributed by atoms with van der Waals surface area (Å²) in [4.78, 5) is 11.1. The van der Waals surface area contributed by atoms with Crippen molar-refractivity contribution in [1.82, 2.24) is 9.78 Å². The van der Waals surface area contributed by atoms with E-state index >= 15 is 0 Å². The number of aromatic nitrogens is 2. The van der Waals surface area contributed by atoms with Gasteiger partial charge in [0.1, 0.15) is 0 Å². The van der Waals surface area contributed by atoms with Crippen LogP contribution >= 0.6 is 0 Å². The molecule has 2 heterocycles. The van der Waals surface area contributed by atoms with E-state index in [-0.39, 0.29) is 11.3 Å². The average Bonchev–Trinajstić information content (AvgIpc) is 2.76. The minimum Gasteiger partial charge on any atom is -0.478 e. The third-order valence-electron chi connectivity index (χ3n) is 3.88. The van der Waals surface area contributed by atoms with Gasteiger partial charge in [0.2, 0.25) is 0 Å². The van der Waals surface area contributed by atoms with Gasteiger partial charge in [0.05, 0.1) is 17.1 Å². The van der Waals surface area contributed by atoms with Gasteiger partial charge in [-0.2, -0.15) is 5.10 Å². The number of ether oxygens (including phenoxy) is 1. The molecular formula is C14H17N3O3. The molecule has 0 aliphatic carbocycles. The second-order valence-corrected chi connectivity index (χ2v) is 5.14. The smallest absolute Gasteiger partial charge is 0.337 e. The Bertz CT molecular complexity index is 672. The molecular weight excluding hydrogens is 258 g/mol. The lowest BCUT2D eigenvalue weighted by atomic mass is 10.1. The molecule has 0 radical (unpaired) electrons. The predicted octanol–water partition coefficient (Wildman–Crippen LogP) is 1.98. The molecule has 1 fully saturated rings. The lowest BCUT2D eigenvalue weighted by Crippen LogP contribution is -2.21. The average molecular weight is 275 g/mol. The number of rotatable bonds is 2. The van der Waals surface area contributed by atoms with Crippen molar-refractivity contribution in [3.8, 4) is 0 Å². The lowest BCUT2D eigenvalue weighted by Gasteiger charge is -2.23. The Hall–Kier alpha value is -2.08. The van der Waals surface area contributed by atoms with Gasteiger partial charge in [-0.25, -0.2) is 4.79 Å². The largest absolute Gasteiger partial charge is 0.478 e. The third kappa shape index (κ3) is 2.02.